The number of nitrogens with one attached hydrogen (secondary N) is 1. The molecule has 0 saturated carbocycles. The van der Waals surface area contributed by atoms with Crippen LogP contribution in [-0.4, -0.2) is 37.4 Å². The van der Waals surface area contributed by atoms with Gasteiger partial charge in [0.25, 0.3) is 5.91 Å². The Morgan fingerprint density at radius 1 is 0.929 bits per heavy atom. The third-order valence-electron chi connectivity index (χ3n) is 3.36. The molecule has 28 heavy (non-hydrogen) atoms. The van der Waals surface area contributed by atoms with Gasteiger partial charge < -0.3 is 10.4 Å². The van der Waals surface area contributed by atoms with Gasteiger partial charge in [-0.1, -0.05) is 0 Å². The number of hydrogen-bond donors (Lipinski definition) is 2. The molecule has 0 spiro atoms. The third kappa shape index (κ3) is 3.84. The molecule has 0 atom stereocenters. The van der Waals surface area contributed by atoms with Crippen molar-refractivity contribution >= 4 is 32.1 Å². The summed E-state index contributed by atoms with van der Waals surface area (Å²) in [7, 11) is -4.27. The van der Waals surface area contributed by atoms with Gasteiger partial charge in [-0.25, -0.2) is 12.8 Å². The first-order valence-electron chi connectivity index (χ1n) is 6.88. The predicted octanol–water partition coefficient (Wildman–Crippen LogP) is 3.51. The minimum Gasteiger partial charge on any atom is -0.366 e. The van der Waals surface area contributed by atoms with Gasteiger partial charge >= 0.3 is 18.0 Å². The van der Waals surface area contributed by atoms with Crippen LogP contribution in [0.2, 0.25) is 0 Å². The SMILES string of the molecule is O=C(Nc1ccc(S(=O)(=O)c2ccc(F)cc2)s1)C(O)(C(F)(F)F)C(F)(F)F. The molecule has 14 heteroatoms. The van der Waals surface area contributed by atoms with E-state index in [1.165, 1.54) is 5.32 Å². The minimum absolute atomic E-state index is 0.145. The number of sulfone groups is 1. The average Bonchev–Trinajstić information content (AvgIpc) is 3.01. The predicted molar refractivity (Wildman–Crippen MR) is 81.9 cm³/mol. The molecule has 0 unspecified atom stereocenters. The van der Waals surface area contributed by atoms with Gasteiger partial charge in [0, 0.05) is 0 Å². The Kier molecular flexibility index (Phi) is 5.53. The van der Waals surface area contributed by atoms with Crippen molar-refractivity contribution in [2.24, 2.45) is 0 Å². The van der Waals surface area contributed by atoms with Crippen LogP contribution in [0.3, 0.4) is 0 Å². The monoisotopic (exact) mass is 451 g/mol. The van der Waals surface area contributed by atoms with Crippen molar-refractivity contribution in [2.45, 2.75) is 27.1 Å². The van der Waals surface area contributed by atoms with E-state index in [0.717, 1.165) is 36.4 Å². The number of hydrogen-bond acceptors (Lipinski definition) is 5. The highest BCUT2D eigenvalue weighted by Crippen LogP contribution is 2.44. The lowest BCUT2D eigenvalue weighted by atomic mass is 10.0. The van der Waals surface area contributed by atoms with Crippen molar-refractivity contribution in [1.82, 2.24) is 0 Å². The van der Waals surface area contributed by atoms with E-state index in [-0.39, 0.29) is 11.3 Å². The summed E-state index contributed by atoms with van der Waals surface area (Å²) in [5.74, 6) is -3.59. The van der Waals surface area contributed by atoms with Crippen LogP contribution in [0.5, 0.6) is 0 Å². The highest BCUT2D eigenvalue weighted by Gasteiger charge is 2.75. The summed E-state index contributed by atoms with van der Waals surface area (Å²) in [6.45, 7) is 0. The van der Waals surface area contributed by atoms with Crippen molar-refractivity contribution in [3.8, 4) is 0 Å². The van der Waals surface area contributed by atoms with Crippen molar-refractivity contribution in [1.29, 1.82) is 0 Å². The zero-order valence-corrected chi connectivity index (χ0v) is 14.7. The molecule has 2 aromatic rings. The first-order valence-corrected chi connectivity index (χ1v) is 9.18. The molecule has 0 fully saturated rings. The molecule has 1 aromatic heterocycles. The second kappa shape index (κ2) is 7.00. The fourth-order valence-electron chi connectivity index (χ4n) is 1.88. The Bertz CT molecular complexity index is 964. The Morgan fingerprint density at radius 3 is 1.89 bits per heavy atom. The Balaban J connectivity index is 2.34. The molecule has 1 heterocycles. The number of carbonyl (C=O) groups excluding carboxylic acids is 1. The minimum atomic E-state index is -6.38. The molecular weight excluding hydrogens is 443 g/mol. The van der Waals surface area contributed by atoms with Crippen LogP contribution in [0.25, 0.3) is 0 Å². The van der Waals surface area contributed by atoms with Gasteiger partial charge in [0.05, 0.1) is 9.90 Å². The van der Waals surface area contributed by atoms with E-state index >= 15 is 0 Å². The van der Waals surface area contributed by atoms with Crippen LogP contribution in [-0.2, 0) is 14.6 Å². The maximum atomic E-state index is 12.9. The second-order valence-electron chi connectivity index (χ2n) is 5.24. The molecule has 2 N–H and O–H groups in total. The van der Waals surface area contributed by atoms with Crippen LogP contribution < -0.4 is 5.32 Å². The van der Waals surface area contributed by atoms with Crippen molar-refractivity contribution in [3.63, 3.8) is 0 Å². The molecule has 1 amide bonds. The van der Waals surface area contributed by atoms with E-state index in [1.807, 2.05) is 0 Å². The normalized spacial score (nSPS) is 13.4. The molecule has 0 saturated heterocycles. The molecule has 0 bridgehead atoms. The molecular formula is C14H8F7NO4S2. The molecule has 0 radical (unpaired) electrons. The number of anilines is 1. The number of benzene rings is 1. The maximum Gasteiger partial charge on any atom is 0.435 e. The largest absolute Gasteiger partial charge is 0.435 e. The first-order chi connectivity index (χ1) is 12.6. The van der Waals surface area contributed by atoms with Crippen LogP contribution >= 0.6 is 11.3 Å². The number of rotatable bonds is 4. The van der Waals surface area contributed by atoms with Gasteiger partial charge in [-0.2, -0.15) is 26.3 Å². The van der Waals surface area contributed by atoms with Crippen LogP contribution in [0.1, 0.15) is 0 Å². The lowest BCUT2D eigenvalue weighted by Crippen LogP contribution is -2.64. The molecule has 0 aliphatic heterocycles. The first kappa shape index (κ1) is 22.1. The summed E-state index contributed by atoms with van der Waals surface area (Å²) in [5, 5.41) is 9.49. The summed E-state index contributed by atoms with van der Waals surface area (Å²) in [6, 6.07) is 5.01. The molecule has 1 aromatic carbocycles. The lowest BCUT2D eigenvalue weighted by molar-refractivity contribution is -0.348. The number of alkyl halides is 6. The maximum absolute atomic E-state index is 12.9. The van der Waals surface area contributed by atoms with Crippen LogP contribution in [0, 0.1) is 5.82 Å². The molecule has 0 aliphatic carbocycles. The van der Waals surface area contributed by atoms with Crippen molar-refractivity contribution in [2.75, 3.05) is 5.32 Å². The summed E-state index contributed by atoms with van der Waals surface area (Å²) in [6.07, 6.45) is -12.8. The summed E-state index contributed by atoms with van der Waals surface area (Å²) < 4.78 is 113. The van der Waals surface area contributed by atoms with Gasteiger partial charge in [-0.3, -0.25) is 4.79 Å². The standard InChI is InChI=1S/C14H8F7NO4S2/c15-7-1-3-8(4-2-7)28(25,26)10-6-5-9(27-10)22-11(23)12(24,13(16,17)18)14(19,20)21/h1-6,24H,(H,22,23). The van der Waals surface area contributed by atoms with Crippen molar-refractivity contribution in [3.05, 3.63) is 42.2 Å². The quantitative estimate of drug-likeness (QED) is 0.551. The van der Waals surface area contributed by atoms with Gasteiger partial charge in [0.1, 0.15) is 10.0 Å². The zero-order valence-electron chi connectivity index (χ0n) is 13.1. The highest BCUT2D eigenvalue weighted by atomic mass is 32.2. The number of halogens is 7. The summed E-state index contributed by atoms with van der Waals surface area (Å²) in [4.78, 5) is 11.1. The smallest absolute Gasteiger partial charge is 0.366 e. The number of aliphatic hydroxyl groups is 1. The third-order valence-corrected chi connectivity index (χ3v) is 6.62. The van der Waals surface area contributed by atoms with Crippen molar-refractivity contribution < 1.29 is 49.1 Å². The van der Waals surface area contributed by atoms with Crippen LogP contribution in [0.4, 0.5) is 35.7 Å². The fraction of sp³-hybridized carbons (Fsp3) is 0.214. The van der Waals surface area contributed by atoms with E-state index in [2.05, 4.69) is 0 Å². The topological polar surface area (TPSA) is 83.5 Å². The number of carbonyl (C=O) groups is 1. The van der Waals surface area contributed by atoms with E-state index in [0.29, 0.717) is 0 Å². The van der Waals surface area contributed by atoms with Gasteiger partial charge in [0.2, 0.25) is 9.84 Å². The Hall–Kier alpha value is -2.19. The van der Waals surface area contributed by atoms with E-state index < -0.39 is 53.6 Å². The lowest BCUT2D eigenvalue weighted by Gasteiger charge is -2.30. The second-order valence-corrected chi connectivity index (χ2v) is 8.50. The molecule has 0 aliphatic rings. The summed E-state index contributed by atoms with van der Waals surface area (Å²) in [5.41, 5.74) is -5.69. The van der Waals surface area contributed by atoms with Gasteiger partial charge in [0.15, 0.2) is 0 Å². The molecule has 5 nitrogen and oxygen atoms in total. The van der Waals surface area contributed by atoms with Gasteiger partial charge in [-0.15, -0.1) is 11.3 Å². The Morgan fingerprint density at radius 2 is 1.43 bits per heavy atom. The summed E-state index contributed by atoms with van der Waals surface area (Å²) >= 11 is 0.145. The number of thiophene rings is 1. The molecule has 154 valence electrons. The van der Waals surface area contributed by atoms with Crippen LogP contribution in [0.15, 0.2) is 45.5 Å². The van der Waals surface area contributed by atoms with Gasteiger partial charge in [-0.05, 0) is 36.4 Å². The Labute approximate surface area is 156 Å². The zero-order chi connectivity index (χ0) is 21.5. The fourth-order valence-corrected chi connectivity index (χ4v) is 4.49. The van der Waals surface area contributed by atoms with E-state index in [4.69, 9.17) is 5.11 Å². The highest BCUT2D eigenvalue weighted by molar-refractivity contribution is 7.93. The van der Waals surface area contributed by atoms with E-state index in [1.54, 1.807) is 0 Å². The molecule has 2 rings (SSSR count). The van der Waals surface area contributed by atoms with E-state index in [9.17, 15) is 43.9 Å². The number of amides is 1. The average molecular weight is 451 g/mol.